The molecule has 0 saturated carbocycles. The lowest BCUT2D eigenvalue weighted by Crippen LogP contribution is -2.76. The molecule has 226 valence electrons. The van der Waals surface area contributed by atoms with Crippen molar-refractivity contribution in [2.75, 3.05) is 9.80 Å². The summed E-state index contributed by atoms with van der Waals surface area (Å²) >= 11 is 1.86. The highest BCUT2D eigenvalue weighted by Gasteiger charge is 2.47. The van der Waals surface area contributed by atoms with Crippen LogP contribution in [0.2, 0.25) is 0 Å². The molecule has 6 heteroatoms. The van der Waals surface area contributed by atoms with E-state index in [2.05, 4.69) is 168 Å². The predicted octanol–water partition coefficient (Wildman–Crippen LogP) is 6.62. The van der Waals surface area contributed by atoms with Crippen LogP contribution in [0.5, 0.6) is 0 Å². The monoisotopic (exact) mass is 639 g/mol. The summed E-state index contributed by atoms with van der Waals surface area (Å²) in [6.07, 6.45) is 0. The van der Waals surface area contributed by atoms with E-state index in [9.17, 15) is 5.26 Å². The zero-order valence-corrected chi connectivity index (χ0v) is 27.3. The van der Waals surface area contributed by atoms with Crippen LogP contribution in [0.25, 0.3) is 0 Å². The Labute approximate surface area is 291 Å². The molecule has 0 bridgehead atoms. The molecule has 0 spiro atoms. The highest BCUT2D eigenvalue weighted by molar-refractivity contribution is 8.00. The number of hydrogen-bond acceptors (Lipinski definition) is 4. The van der Waals surface area contributed by atoms with Gasteiger partial charge in [-0.1, -0.05) is 137 Å². The minimum atomic E-state index is 0.0561. The molecule has 0 aromatic heterocycles. The molecule has 0 N–H and O–H groups in total. The number of nitriles is 1. The molecule has 0 amide bonds. The van der Waals surface area contributed by atoms with Gasteiger partial charge in [-0.05, 0) is 71.6 Å². The molecule has 7 aromatic carbocycles. The molecule has 3 heterocycles. The van der Waals surface area contributed by atoms with Gasteiger partial charge in [-0.2, -0.15) is 5.26 Å². The quantitative estimate of drug-likeness (QED) is 0.204. The van der Waals surface area contributed by atoms with E-state index >= 15 is 0 Å². The van der Waals surface area contributed by atoms with Crippen molar-refractivity contribution in [1.29, 1.82) is 5.26 Å². The lowest BCUT2D eigenvalue weighted by Gasteiger charge is -2.45. The molecule has 10 rings (SSSR count). The lowest BCUT2D eigenvalue weighted by atomic mass is 9.20. The van der Waals surface area contributed by atoms with Gasteiger partial charge in [-0.25, -0.2) is 0 Å². The fraction of sp³-hybridized carbons (Fsp3) is 0. The van der Waals surface area contributed by atoms with Crippen molar-refractivity contribution >= 4 is 92.1 Å². The topological polar surface area (TPSA) is 30.3 Å². The van der Waals surface area contributed by atoms with Crippen LogP contribution in [0.3, 0.4) is 0 Å². The summed E-state index contributed by atoms with van der Waals surface area (Å²) in [6, 6.07) is 61.4. The van der Waals surface area contributed by atoms with Crippen molar-refractivity contribution in [3.8, 4) is 6.07 Å². The molecule has 3 aliphatic rings. The average molecular weight is 639 g/mol. The zero-order valence-electron chi connectivity index (χ0n) is 26.5. The van der Waals surface area contributed by atoms with E-state index in [1.54, 1.807) is 0 Å². The van der Waals surface area contributed by atoms with Gasteiger partial charge in [-0.3, -0.25) is 0 Å². The molecule has 0 radical (unpaired) electrons. The van der Waals surface area contributed by atoms with E-state index in [0.29, 0.717) is 5.56 Å². The second kappa shape index (κ2) is 11.1. The minimum Gasteiger partial charge on any atom is -0.310 e. The molecule has 0 atom stereocenters. The lowest BCUT2D eigenvalue weighted by molar-refractivity contribution is 1.15. The van der Waals surface area contributed by atoms with E-state index in [0.717, 1.165) is 22.7 Å². The van der Waals surface area contributed by atoms with Crippen molar-refractivity contribution < 1.29 is 0 Å². The molecule has 0 aliphatic carbocycles. The van der Waals surface area contributed by atoms with Crippen LogP contribution in [-0.2, 0) is 0 Å². The van der Waals surface area contributed by atoms with Crippen LogP contribution in [0.15, 0.2) is 174 Å². The second-order valence-electron chi connectivity index (χ2n) is 12.8. The third-order valence-electron chi connectivity index (χ3n) is 10.2. The first kappa shape index (κ1) is 28.2. The first-order chi connectivity index (χ1) is 24.3. The van der Waals surface area contributed by atoms with Crippen molar-refractivity contribution in [3.05, 3.63) is 169 Å². The molecule has 0 saturated heterocycles. The van der Waals surface area contributed by atoms with Crippen molar-refractivity contribution in [3.63, 3.8) is 0 Å². The smallest absolute Gasteiger partial charge is 0.245 e. The van der Waals surface area contributed by atoms with Gasteiger partial charge in [-0.15, -0.1) is 0 Å². The van der Waals surface area contributed by atoms with Crippen LogP contribution in [-0.4, -0.2) is 13.4 Å². The number of hydrogen-bond donors (Lipinski definition) is 0. The Bertz CT molecular complexity index is 2450. The summed E-state index contributed by atoms with van der Waals surface area (Å²) < 4.78 is 0. The van der Waals surface area contributed by atoms with Gasteiger partial charge in [0.15, 0.2) is 0 Å². The third-order valence-corrected chi connectivity index (χ3v) is 11.4. The van der Waals surface area contributed by atoms with Gasteiger partial charge in [0.05, 0.1) is 33.6 Å². The number of fused-ring (bicyclic) bond motifs is 7. The van der Waals surface area contributed by atoms with Crippen molar-refractivity contribution in [1.82, 2.24) is 0 Å². The van der Waals surface area contributed by atoms with Gasteiger partial charge in [0, 0.05) is 22.0 Å². The van der Waals surface area contributed by atoms with Crippen LogP contribution < -0.4 is 42.6 Å². The Morgan fingerprint density at radius 1 is 0.490 bits per heavy atom. The van der Waals surface area contributed by atoms with E-state index < -0.39 is 0 Å². The van der Waals surface area contributed by atoms with E-state index in [1.807, 2.05) is 23.9 Å². The summed E-state index contributed by atoms with van der Waals surface area (Å²) in [6.45, 7) is 0.143. The summed E-state index contributed by atoms with van der Waals surface area (Å²) in [7, 11) is 0. The number of benzene rings is 7. The Hall–Kier alpha value is -5.89. The molecule has 7 aromatic rings. The predicted molar refractivity (Wildman–Crippen MR) is 207 cm³/mol. The van der Waals surface area contributed by atoms with Crippen molar-refractivity contribution in [2.45, 2.75) is 9.79 Å². The number of rotatable bonds is 3. The summed E-state index contributed by atoms with van der Waals surface area (Å²) in [5, 5.41) is 9.65. The third kappa shape index (κ3) is 4.19. The first-order valence-corrected chi connectivity index (χ1v) is 17.5. The summed E-state index contributed by atoms with van der Waals surface area (Å²) in [4.78, 5) is 7.35. The van der Waals surface area contributed by atoms with E-state index in [-0.39, 0.29) is 13.4 Å². The maximum Gasteiger partial charge on any atom is 0.245 e. The molecule has 0 unspecified atom stereocenters. The normalized spacial score (nSPS) is 13.4. The highest BCUT2D eigenvalue weighted by Crippen LogP contribution is 2.56. The fourth-order valence-electron chi connectivity index (χ4n) is 8.22. The number of para-hydroxylation sites is 3. The molecule has 49 heavy (non-hydrogen) atoms. The molecular weight excluding hydrogens is 612 g/mol. The van der Waals surface area contributed by atoms with Gasteiger partial charge >= 0.3 is 0 Å². The zero-order chi connectivity index (χ0) is 32.5. The van der Waals surface area contributed by atoms with Gasteiger partial charge in [0.25, 0.3) is 0 Å². The van der Waals surface area contributed by atoms with E-state index in [1.165, 1.54) is 53.9 Å². The Morgan fingerprint density at radius 2 is 1.08 bits per heavy atom. The maximum atomic E-state index is 9.65. The Kier molecular flexibility index (Phi) is 6.37. The number of anilines is 6. The first-order valence-electron chi connectivity index (χ1n) is 16.7. The summed E-state index contributed by atoms with van der Waals surface area (Å²) in [5.74, 6) is 0. The van der Waals surface area contributed by atoms with Crippen LogP contribution in [0, 0.1) is 11.3 Å². The van der Waals surface area contributed by atoms with E-state index in [4.69, 9.17) is 0 Å². The standard InChI is InChI=1S/C43H27B2N3S/c46-28-29-23-25-32(26-24-29)47-38-21-11-12-22-40(38)49-43-39(47)27-36-41-42(43)48(31-15-5-2-6-16-31)37-20-10-9-19-35(37)45(41)34-18-8-7-17-33(34)44(36)30-13-3-1-4-14-30/h1-27H. The summed E-state index contributed by atoms with van der Waals surface area (Å²) in [5.41, 5.74) is 15.6. The highest BCUT2D eigenvalue weighted by atomic mass is 32.2. The number of nitrogens with zero attached hydrogens (tertiary/aromatic N) is 3. The molecule has 0 fully saturated rings. The van der Waals surface area contributed by atoms with Crippen LogP contribution in [0.4, 0.5) is 34.1 Å². The maximum absolute atomic E-state index is 9.65. The molecule has 3 nitrogen and oxygen atoms in total. The second-order valence-corrected chi connectivity index (χ2v) is 13.8. The molecular formula is C43H27B2N3S. The van der Waals surface area contributed by atoms with Crippen molar-refractivity contribution in [2.24, 2.45) is 0 Å². The average Bonchev–Trinajstić information content (AvgIpc) is 3.17. The van der Waals surface area contributed by atoms with Gasteiger partial charge in [0.2, 0.25) is 13.4 Å². The van der Waals surface area contributed by atoms with Gasteiger partial charge in [0.1, 0.15) is 0 Å². The Balaban J connectivity index is 1.37. The van der Waals surface area contributed by atoms with Crippen LogP contribution >= 0.6 is 11.8 Å². The SMILES string of the molecule is N#Cc1ccc(N2c3ccccc3Sc3c2cc2c4c3N(c3ccccc3)c3ccccc3B4c3ccccc3B2c2ccccc2)cc1. The minimum absolute atomic E-state index is 0.0561. The largest absolute Gasteiger partial charge is 0.310 e. The van der Waals surface area contributed by atoms with Gasteiger partial charge < -0.3 is 9.80 Å². The van der Waals surface area contributed by atoms with Crippen LogP contribution in [0.1, 0.15) is 5.56 Å². The molecule has 3 aliphatic heterocycles. The fourth-order valence-corrected chi connectivity index (χ4v) is 9.40. The Morgan fingerprint density at radius 3 is 1.82 bits per heavy atom.